The summed E-state index contributed by atoms with van der Waals surface area (Å²) >= 11 is 0. The Balaban J connectivity index is 2.13. The zero-order chi connectivity index (χ0) is 13.0. The zero-order valence-electron chi connectivity index (χ0n) is 9.87. The van der Waals surface area contributed by atoms with Gasteiger partial charge in [0.25, 0.3) is 0 Å². The molecule has 1 aromatic heterocycles. The molecule has 1 heterocycles. The third-order valence-electron chi connectivity index (χ3n) is 2.61. The molecule has 0 aliphatic rings. The lowest BCUT2D eigenvalue weighted by Crippen LogP contribution is -2.24. The fraction of sp³-hybridized carbons (Fsp3) is 0.154. The van der Waals surface area contributed by atoms with Crippen molar-refractivity contribution in [1.82, 2.24) is 9.55 Å². The number of rotatable bonds is 3. The van der Waals surface area contributed by atoms with Crippen LogP contribution in [-0.4, -0.2) is 15.5 Å². The molecule has 90 valence electrons. The first-order valence-corrected chi connectivity index (χ1v) is 5.51. The Morgan fingerprint density at radius 2 is 2.17 bits per heavy atom. The number of para-hydroxylation sites is 1. The molecule has 1 atom stereocenters. The van der Waals surface area contributed by atoms with Crippen molar-refractivity contribution in [2.45, 2.75) is 13.0 Å². The van der Waals surface area contributed by atoms with Gasteiger partial charge < -0.3 is 9.88 Å². The molecule has 1 N–H and O–H groups in total. The van der Waals surface area contributed by atoms with Crippen molar-refractivity contribution in [1.29, 1.82) is 5.26 Å². The minimum Gasteiger partial charge on any atom is -0.324 e. The van der Waals surface area contributed by atoms with Gasteiger partial charge in [0.1, 0.15) is 12.1 Å². The normalized spacial score (nSPS) is 11.6. The second kappa shape index (κ2) is 5.15. The predicted molar refractivity (Wildman–Crippen MR) is 66.7 cm³/mol. The number of anilines is 1. The number of aromatic nitrogens is 2. The van der Waals surface area contributed by atoms with Crippen LogP contribution in [0.5, 0.6) is 0 Å². The topological polar surface area (TPSA) is 70.7 Å². The van der Waals surface area contributed by atoms with Gasteiger partial charge in [-0.2, -0.15) is 5.26 Å². The quantitative estimate of drug-likeness (QED) is 0.891. The molecule has 5 nitrogen and oxygen atoms in total. The van der Waals surface area contributed by atoms with Crippen molar-refractivity contribution in [2.75, 3.05) is 5.32 Å². The van der Waals surface area contributed by atoms with E-state index in [1.54, 1.807) is 13.1 Å². The monoisotopic (exact) mass is 240 g/mol. The zero-order valence-corrected chi connectivity index (χ0v) is 9.87. The summed E-state index contributed by atoms with van der Waals surface area (Å²) in [6, 6.07) is 10.7. The molecule has 1 amide bonds. The molecule has 0 saturated heterocycles. The van der Waals surface area contributed by atoms with Crippen LogP contribution in [0.2, 0.25) is 0 Å². The maximum Gasteiger partial charge on any atom is 0.247 e. The van der Waals surface area contributed by atoms with Gasteiger partial charge in [0.15, 0.2) is 0 Å². The Morgan fingerprint density at radius 3 is 2.83 bits per heavy atom. The van der Waals surface area contributed by atoms with Crippen molar-refractivity contribution in [3.8, 4) is 6.07 Å². The highest BCUT2D eigenvalue weighted by Crippen LogP contribution is 2.13. The lowest BCUT2D eigenvalue weighted by molar-refractivity contribution is -0.118. The van der Waals surface area contributed by atoms with E-state index in [4.69, 9.17) is 5.26 Å². The first kappa shape index (κ1) is 11.9. The molecule has 1 unspecified atom stereocenters. The fourth-order valence-electron chi connectivity index (χ4n) is 1.61. The number of imidazole rings is 1. The summed E-state index contributed by atoms with van der Waals surface area (Å²) in [6.07, 6.45) is 3.12. The van der Waals surface area contributed by atoms with E-state index >= 15 is 0 Å². The molecule has 2 aromatic rings. The smallest absolute Gasteiger partial charge is 0.247 e. The third kappa shape index (κ3) is 2.38. The first-order valence-electron chi connectivity index (χ1n) is 5.51. The van der Waals surface area contributed by atoms with Crippen LogP contribution >= 0.6 is 0 Å². The summed E-state index contributed by atoms with van der Waals surface area (Å²) in [6.45, 7) is 1.72. The van der Waals surface area contributed by atoms with Crippen LogP contribution < -0.4 is 5.32 Å². The van der Waals surface area contributed by atoms with E-state index < -0.39 is 6.04 Å². The highest BCUT2D eigenvalue weighted by molar-refractivity contribution is 5.93. The van der Waals surface area contributed by atoms with Gasteiger partial charge in [0, 0.05) is 18.1 Å². The van der Waals surface area contributed by atoms with Gasteiger partial charge in [-0.1, -0.05) is 18.2 Å². The lowest BCUT2D eigenvalue weighted by atomic mass is 10.2. The van der Waals surface area contributed by atoms with Crippen molar-refractivity contribution in [3.63, 3.8) is 0 Å². The summed E-state index contributed by atoms with van der Waals surface area (Å²) < 4.78 is 1.54. The molecule has 0 bridgehead atoms. The van der Waals surface area contributed by atoms with Crippen LogP contribution in [0.15, 0.2) is 42.7 Å². The number of nitrogens with one attached hydrogen (secondary N) is 1. The van der Waals surface area contributed by atoms with Gasteiger partial charge in [0.05, 0.1) is 0 Å². The number of hydrogen-bond acceptors (Lipinski definition) is 3. The van der Waals surface area contributed by atoms with E-state index in [2.05, 4.69) is 10.3 Å². The molecule has 1 aromatic carbocycles. The van der Waals surface area contributed by atoms with Gasteiger partial charge in [-0.15, -0.1) is 0 Å². The standard InChI is InChI=1S/C13H12N4O/c1-10(17-8-7-15-12(17)9-14)13(18)16-11-5-3-2-4-6-11/h2-8,10H,1H3,(H,16,18). The molecular formula is C13H12N4O. The van der Waals surface area contributed by atoms with Gasteiger partial charge in [-0.05, 0) is 19.1 Å². The third-order valence-corrected chi connectivity index (χ3v) is 2.61. The SMILES string of the molecule is CC(C(=O)Nc1ccccc1)n1ccnc1C#N. The molecule has 0 spiro atoms. The molecule has 2 rings (SSSR count). The van der Waals surface area contributed by atoms with Crippen LogP contribution in [0, 0.1) is 11.3 Å². The highest BCUT2D eigenvalue weighted by atomic mass is 16.2. The van der Waals surface area contributed by atoms with Crippen LogP contribution in [0.1, 0.15) is 18.8 Å². The Hall–Kier alpha value is -2.61. The van der Waals surface area contributed by atoms with Crippen LogP contribution in [-0.2, 0) is 4.79 Å². The molecule has 0 fully saturated rings. The minimum absolute atomic E-state index is 0.185. The Bertz CT molecular complexity index is 583. The largest absolute Gasteiger partial charge is 0.324 e. The Labute approximate surface area is 105 Å². The van der Waals surface area contributed by atoms with E-state index in [9.17, 15) is 4.79 Å². The molecular weight excluding hydrogens is 228 g/mol. The number of hydrogen-bond donors (Lipinski definition) is 1. The number of amides is 1. The van der Waals surface area contributed by atoms with E-state index in [0.717, 1.165) is 5.69 Å². The summed E-state index contributed by atoms with van der Waals surface area (Å²) in [4.78, 5) is 15.9. The molecule has 0 saturated carbocycles. The molecule has 5 heteroatoms. The summed E-state index contributed by atoms with van der Waals surface area (Å²) in [5.74, 6) is 0.0430. The molecule has 0 radical (unpaired) electrons. The van der Waals surface area contributed by atoms with Crippen LogP contribution in [0.3, 0.4) is 0 Å². The number of benzene rings is 1. The number of nitrogens with zero attached hydrogens (tertiary/aromatic N) is 3. The maximum absolute atomic E-state index is 12.0. The average Bonchev–Trinajstić information content (AvgIpc) is 2.87. The number of nitriles is 1. The Kier molecular flexibility index (Phi) is 3.39. The highest BCUT2D eigenvalue weighted by Gasteiger charge is 2.17. The average molecular weight is 240 g/mol. The van der Waals surface area contributed by atoms with E-state index in [1.165, 1.54) is 10.8 Å². The minimum atomic E-state index is -0.484. The maximum atomic E-state index is 12.0. The van der Waals surface area contributed by atoms with Crippen molar-refractivity contribution < 1.29 is 4.79 Å². The Morgan fingerprint density at radius 1 is 1.44 bits per heavy atom. The molecule has 0 aliphatic heterocycles. The van der Waals surface area contributed by atoms with E-state index in [0.29, 0.717) is 0 Å². The van der Waals surface area contributed by atoms with Crippen LogP contribution in [0.25, 0.3) is 0 Å². The van der Waals surface area contributed by atoms with E-state index in [-0.39, 0.29) is 11.7 Å². The number of carbonyl (C=O) groups is 1. The second-order valence-electron chi connectivity index (χ2n) is 3.80. The molecule has 0 aliphatic carbocycles. The lowest BCUT2D eigenvalue weighted by Gasteiger charge is -2.14. The fourth-order valence-corrected chi connectivity index (χ4v) is 1.61. The van der Waals surface area contributed by atoms with Crippen molar-refractivity contribution in [2.24, 2.45) is 0 Å². The van der Waals surface area contributed by atoms with Gasteiger partial charge in [0.2, 0.25) is 11.7 Å². The summed E-state index contributed by atoms with van der Waals surface area (Å²) in [5, 5.41) is 11.6. The predicted octanol–water partition coefficient (Wildman–Crippen LogP) is 1.95. The van der Waals surface area contributed by atoms with Gasteiger partial charge >= 0.3 is 0 Å². The summed E-state index contributed by atoms with van der Waals surface area (Å²) in [7, 11) is 0. The van der Waals surface area contributed by atoms with Crippen molar-refractivity contribution >= 4 is 11.6 Å². The molecule has 18 heavy (non-hydrogen) atoms. The van der Waals surface area contributed by atoms with Gasteiger partial charge in [-0.3, -0.25) is 4.79 Å². The van der Waals surface area contributed by atoms with Crippen LogP contribution in [0.4, 0.5) is 5.69 Å². The van der Waals surface area contributed by atoms with E-state index in [1.807, 2.05) is 36.4 Å². The first-order chi connectivity index (χ1) is 8.72. The summed E-state index contributed by atoms with van der Waals surface area (Å²) in [5.41, 5.74) is 0.730. The number of carbonyl (C=O) groups excluding carboxylic acids is 1. The van der Waals surface area contributed by atoms with Gasteiger partial charge in [-0.25, -0.2) is 4.98 Å². The second-order valence-corrected chi connectivity index (χ2v) is 3.80. The van der Waals surface area contributed by atoms with Crippen molar-refractivity contribution in [3.05, 3.63) is 48.5 Å².